The van der Waals surface area contributed by atoms with E-state index in [0.29, 0.717) is 39.1 Å². The summed E-state index contributed by atoms with van der Waals surface area (Å²) in [7, 11) is 1.81. The minimum Gasteiger partial charge on any atom is -0.492 e. The van der Waals surface area contributed by atoms with E-state index < -0.39 is 5.60 Å². The van der Waals surface area contributed by atoms with E-state index in [-0.39, 0.29) is 17.9 Å². The summed E-state index contributed by atoms with van der Waals surface area (Å²) >= 11 is 0. The van der Waals surface area contributed by atoms with Crippen LogP contribution in [-0.2, 0) is 9.53 Å². The third-order valence-electron chi connectivity index (χ3n) is 4.59. The predicted octanol–water partition coefficient (Wildman–Crippen LogP) is 3.48. The van der Waals surface area contributed by atoms with E-state index in [4.69, 9.17) is 9.47 Å². The number of aryl methyl sites for hydroxylation is 1. The lowest BCUT2D eigenvalue weighted by molar-refractivity contribution is -0.136. The van der Waals surface area contributed by atoms with Crippen LogP contribution in [0.3, 0.4) is 0 Å². The van der Waals surface area contributed by atoms with Gasteiger partial charge < -0.3 is 19.3 Å². The van der Waals surface area contributed by atoms with Gasteiger partial charge in [0.25, 0.3) is 0 Å². The van der Waals surface area contributed by atoms with Gasteiger partial charge in [0.05, 0.1) is 6.54 Å². The quantitative estimate of drug-likeness (QED) is 0.789. The molecule has 27 heavy (non-hydrogen) atoms. The fourth-order valence-electron chi connectivity index (χ4n) is 2.99. The molecule has 6 heteroatoms. The molecular formula is C21H32N2O4. The molecule has 2 amide bonds. The second-order valence-corrected chi connectivity index (χ2v) is 8.16. The van der Waals surface area contributed by atoms with Crippen LogP contribution < -0.4 is 4.74 Å². The molecule has 1 aromatic carbocycles. The second kappa shape index (κ2) is 9.11. The van der Waals surface area contributed by atoms with Crippen LogP contribution in [0.15, 0.2) is 24.3 Å². The Labute approximate surface area is 162 Å². The van der Waals surface area contributed by atoms with Gasteiger partial charge in [-0.3, -0.25) is 4.79 Å². The number of carbonyl (C=O) groups is 2. The van der Waals surface area contributed by atoms with Gasteiger partial charge in [-0.05, 0) is 52.7 Å². The fraction of sp³-hybridized carbons (Fsp3) is 0.619. The van der Waals surface area contributed by atoms with Gasteiger partial charge in [0.15, 0.2) is 0 Å². The molecule has 0 atom stereocenters. The summed E-state index contributed by atoms with van der Waals surface area (Å²) in [6.07, 6.45) is 1.04. The van der Waals surface area contributed by atoms with Gasteiger partial charge in [-0.1, -0.05) is 17.7 Å². The van der Waals surface area contributed by atoms with Gasteiger partial charge in [-0.2, -0.15) is 0 Å². The molecule has 1 saturated heterocycles. The molecule has 0 saturated carbocycles. The summed E-state index contributed by atoms with van der Waals surface area (Å²) in [4.78, 5) is 28.2. The van der Waals surface area contributed by atoms with E-state index in [1.54, 1.807) is 16.8 Å². The van der Waals surface area contributed by atoms with Crippen molar-refractivity contribution in [3.8, 4) is 5.75 Å². The van der Waals surface area contributed by atoms with Gasteiger partial charge in [0.2, 0.25) is 5.91 Å². The lowest BCUT2D eigenvalue weighted by Crippen LogP contribution is -2.45. The Morgan fingerprint density at radius 3 is 2.30 bits per heavy atom. The molecule has 150 valence electrons. The Bertz CT molecular complexity index is 629. The lowest BCUT2D eigenvalue weighted by Gasteiger charge is -2.34. The Kier molecular flexibility index (Phi) is 7.11. The van der Waals surface area contributed by atoms with Crippen LogP contribution in [0, 0.1) is 12.8 Å². The van der Waals surface area contributed by atoms with Gasteiger partial charge in [0, 0.05) is 26.1 Å². The number of benzene rings is 1. The van der Waals surface area contributed by atoms with Crippen molar-refractivity contribution in [3.63, 3.8) is 0 Å². The minimum absolute atomic E-state index is 0.0481. The SMILES string of the molecule is Cc1ccc(OCCN(C)C(=O)C2CCN(C(=O)OC(C)(C)C)CC2)cc1. The maximum atomic E-state index is 12.6. The molecule has 0 unspecified atom stereocenters. The molecular weight excluding hydrogens is 344 g/mol. The molecule has 6 nitrogen and oxygen atoms in total. The maximum Gasteiger partial charge on any atom is 0.410 e. The first-order valence-electron chi connectivity index (χ1n) is 9.58. The number of hydrogen-bond acceptors (Lipinski definition) is 4. The number of amides is 2. The Morgan fingerprint density at radius 2 is 1.74 bits per heavy atom. The molecule has 1 aliphatic rings. The van der Waals surface area contributed by atoms with Crippen molar-refractivity contribution in [2.45, 2.75) is 46.1 Å². The molecule has 0 aliphatic carbocycles. The topological polar surface area (TPSA) is 59.1 Å². The normalized spacial score (nSPS) is 15.4. The summed E-state index contributed by atoms with van der Waals surface area (Å²) in [6.45, 7) is 9.71. The van der Waals surface area contributed by atoms with E-state index in [1.165, 1.54) is 5.56 Å². The molecule has 0 bridgehead atoms. The molecule has 0 N–H and O–H groups in total. The summed E-state index contributed by atoms with van der Waals surface area (Å²) in [6, 6.07) is 7.87. The van der Waals surface area contributed by atoms with Crippen LogP contribution in [-0.4, -0.2) is 60.7 Å². The van der Waals surface area contributed by atoms with Gasteiger partial charge in [0.1, 0.15) is 18.0 Å². The first-order valence-corrected chi connectivity index (χ1v) is 9.58. The van der Waals surface area contributed by atoms with Crippen LogP contribution in [0.5, 0.6) is 5.75 Å². The zero-order valence-electron chi connectivity index (χ0n) is 17.2. The van der Waals surface area contributed by atoms with Gasteiger partial charge in [-0.15, -0.1) is 0 Å². The Morgan fingerprint density at radius 1 is 1.15 bits per heavy atom. The molecule has 0 radical (unpaired) electrons. The van der Waals surface area contributed by atoms with Gasteiger partial charge in [-0.25, -0.2) is 4.79 Å². The van der Waals surface area contributed by atoms with Crippen LogP contribution >= 0.6 is 0 Å². The molecule has 0 aromatic heterocycles. The number of likely N-dealkylation sites (tertiary alicyclic amines) is 1. The molecule has 2 rings (SSSR count). The van der Waals surface area contributed by atoms with Crippen molar-refractivity contribution in [1.29, 1.82) is 0 Å². The van der Waals surface area contributed by atoms with E-state index in [2.05, 4.69) is 0 Å². The predicted molar refractivity (Wildman–Crippen MR) is 105 cm³/mol. The minimum atomic E-state index is -0.499. The summed E-state index contributed by atoms with van der Waals surface area (Å²) in [5, 5.41) is 0. The maximum absolute atomic E-state index is 12.6. The number of likely N-dealkylation sites (N-methyl/N-ethyl adjacent to an activating group) is 1. The molecule has 0 spiro atoms. The average Bonchev–Trinajstić information content (AvgIpc) is 2.61. The zero-order valence-corrected chi connectivity index (χ0v) is 17.2. The summed E-state index contributed by atoms with van der Waals surface area (Å²) < 4.78 is 11.1. The summed E-state index contributed by atoms with van der Waals surface area (Å²) in [5.41, 5.74) is 0.689. The van der Waals surface area contributed by atoms with E-state index >= 15 is 0 Å². The highest BCUT2D eigenvalue weighted by Gasteiger charge is 2.31. The van der Waals surface area contributed by atoms with Gasteiger partial charge >= 0.3 is 6.09 Å². The van der Waals surface area contributed by atoms with E-state index in [9.17, 15) is 9.59 Å². The smallest absolute Gasteiger partial charge is 0.410 e. The lowest BCUT2D eigenvalue weighted by atomic mass is 9.95. The third-order valence-corrected chi connectivity index (χ3v) is 4.59. The summed E-state index contributed by atoms with van der Waals surface area (Å²) in [5.74, 6) is 0.881. The highest BCUT2D eigenvalue weighted by atomic mass is 16.6. The van der Waals surface area contributed by atoms with Crippen LogP contribution in [0.1, 0.15) is 39.2 Å². The molecule has 1 heterocycles. The largest absolute Gasteiger partial charge is 0.492 e. The number of piperidine rings is 1. The standard InChI is InChI=1S/C21H32N2O4/c1-16-6-8-18(9-7-16)26-15-14-22(5)19(24)17-10-12-23(13-11-17)20(25)27-21(2,3)4/h6-9,17H,10-15H2,1-5H3. The van der Waals surface area contributed by atoms with Crippen molar-refractivity contribution < 1.29 is 19.1 Å². The molecule has 1 fully saturated rings. The van der Waals surface area contributed by atoms with Crippen molar-refractivity contribution >= 4 is 12.0 Å². The highest BCUT2D eigenvalue weighted by molar-refractivity contribution is 5.79. The van der Waals surface area contributed by atoms with Crippen LogP contribution in [0.4, 0.5) is 4.79 Å². The Balaban J connectivity index is 1.72. The van der Waals surface area contributed by atoms with E-state index in [0.717, 1.165) is 5.75 Å². The van der Waals surface area contributed by atoms with Crippen LogP contribution in [0.25, 0.3) is 0 Å². The first-order chi connectivity index (χ1) is 12.7. The van der Waals surface area contributed by atoms with Crippen molar-refractivity contribution in [2.24, 2.45) is 5.92 Å². The molecule has 1 aliphatic heterocycles. The average molecular weight is 376 g/mol. The monoisotopic (exact) mass is 376 g/mol. The van der Waals surface area contributed by atoms with E-state index in [1.807, 2.05) is 52.0 Å². The number of hydrogen-bond donors (Lipinski definition) is 0. The fourth-order valence-corrected chi connectivity index (χ4v) is 2.99. The molecule has 1 aromatic rings. The number of rotatable bonds is 5. The van der Waals surface area contributed by atoms with Crippen LogP contribution in [0.2, 0.25) is 0 Å². The number of ether oxygens (including phenoxy) is 2. The van der Waals surface area contributed by atoms with Crippen molar-refractivity contribution in [2.75, 3.05) is 33.3 Å². The first kappa shape index (κ1) is 21.1. The van der Waals surface area contributed by atoms with Crippen molar-refractivity contribution in [3.05, 3.63) is 29.8 Å². The third kappa shape index (κ3) is 6.77. The number of carbonyl (C=O) groups excluding carboxylic acids is 2. The second-order valence-electron chi connectivity index (χ2n) is 8.16. The zero-order chi connectivity index (χ0) is 20.0. The number of nitrogens with zero attached hydrogens (tertiary/aromatic N) is 2. The Hall–Kier alpha value is -2.24. The van der Waals surface area contributed by atoms with Crippen molar-refractivity contribution in [1.82, 2.24) is 9.80 Å². The highest BCUT2D eigenvalue weighted by Crippen LogP contribution is 2.21.